The molecule has 0 unspecified atom stereocenters. The van der Waals surface area contributed by atoms with Crippen LogP contribution in [0.5, 0.6) is 23.0 Å². The Bertz CT molecular complexity index is 1310. The SMILES string of the molecule is COc1ccc(-c2ccc3c(c2)-c2cc(-c4ccc(OC)cc4OC)ccc2C3=O)c(OC)c1. The first-order valence-corrected chi connectivity index (χ1v) is 10.9. The van der Waals surface area contributed by atoms with Gasteiger partial charge in [-0.05, 0) is 70.8 Å². The summed E-state index contributed by atoms with van der Waals surface area (Å²) in [5.41, 5.74) is 7.00. The number of methoxy groups -OCH3 is 4. The highest BCUT2D eigenvalue weighted by Gasteiger charge is 2.28. The lowest BCUT2D eigenvalue weighted by Crippen LogP contribution is -1.95. The smallest absolute Gasteiger partial charge is 0.194 e. The number of fused-ring (bicyclic) bond motifs is 3. The summed E-state index contributed by atoms with van der Waals surface area (Å²) in [6.45, 7) is 0. The summed E-state index contributed by atoms with van der Waals surface area (Å²) >= 11 is 0. The van der Waals surface area contributed by atoms with Gasteiger partial charge in [0.2, 0.25) is 0 Å². The first kappa shape index (κ1) is 21.6. The number of hydrogen-bond donors (Lipinski definition) is 0. The Morgan fingerprint density at radius 3 is 1.24 bits per heavy atom. The van der Waals surface area contributed by atoms with E-state index in [2.05, 4.69) is 12.1 Å². The van der Waals surface area contributed by atoms with Crippen LogP contribution in [0.3, 0.4) is 0 Å². The molecule has 0 N–H and O–H groups in total. The molecule has 4 aromatic rings. The Kier molecular flexibility index (Phi) is 5.46. The van der Waals surface area contributed by atoms with Crippen LogP contribution in [0.4, 0.5) is 0 Å². The number of rotatable bonds is 6. The van der Waals surface area contributed by atoms with E-state index in [1.54, 1.807) is 28.4 Å². The molecule has 0 atom stereocenters. The minimum absolute atomic E-state index is 0.0338. The van der Waals surface area contributed by atoms with Gasteiger partial charge in [-0.3, -0.25) is 4.79 Å². The first-order chi connectivity index (χ1) is 16.6. The Morgan fingerprint density at radius 2 is 0.853 bits per heavy atom. The number of hydrogen-bond acceptors (Lipinski definition) is 5. The van der Waals surface area contributed by atoms with Crippen LogP contribution in [0.15, 0.2) is 72.8 Å². The van der Waals surface area contributed by atoms with Crippen molar-refractivity contribution in [3.63, 3.8) is 0 Å². The zero-order valence-electron chi connectivity index (χ0n) is 19.5. The van der Waals surface area contributed by atoms with Crippen molar-refractivity contribution < 1.29 is 23.7 Å². The normalized spacial score (nSPS) is 11.6. The maximum Gasteiger partial charge on any atom is 0.194 e. The van der Waals surface area contributed by atoms with Crippen molar-refractivity contribution in [1.82, 2.24) is 0 Å². The fourth-order valence-electron chi connectivity index (χ4n) is 4.48. The fraction of sp³-hybridized carbons (Fsp3) is 0.138. The van der Waals surface area contributed by atoms with Crippen molar-refractivity contribution >= 4 is 5.78 Å². The zero-order valence-corrected chi connectivity index (χ0v) is 19.5. The second-order valence-corrected chi connectivity index (χ2v) is 7.98. The molecular weight excluding hydrogens is 428 g/mol. The van der Waals surface area contributed by atoms with Gasteiger partial charge in [0.1, 0.15) is 23.0 Å². The first-order valence-electron chi connectivity index (χ1n) is 10.9. The van der Waals surface area contributed by atoms with E-state index in [1.165, 1.54) is 0 Å². The minimum Gasteiger partial charge on any atom is -0.497 e. The lowest BCUT2D eigenvalue weighted by atomic mass is 9.95. The van der Waals surface area contributed by atoms with E-state index in [0.29, 0.717) is 22.6 Å². The van der Waals surface area contributed by atoms with Gasteiger partial charge >= 0.3 is 0 Å². The topological polar surface area (TPSA) is 54.0 Å². The van der Waals surface area contributed by atoms with Crippen LogP contribution in [0, 0.1) is 0 Å². The maximum absolute atomic E-state index is 13.1. The zero-order chi connectivity index (χ0) is 23.8. The van der Waals surface area contributed by atoms with E-state index in [4.69, 9.17) is 18.9 Å². The maximum atomic E-state index is 13.1. The van der Waals surface area contributed by atoms with Crippen molar-refractivity contribution in [3.8, 4) is 56.4 Å². The summed E-state index contributed by atoms with van der Waals surface area (Å²) < 4.78 is 21.9. The quantitative estimate of drug-likeness (QED) is 0.304. The van der Waals surface area contributed by atoms with Gasteiger partial charge in [0, 0.05) is 34.4 Å². The average molecular weight is 453 g/mol. The second-order valence-electron chi connectivity index (χ2n) is 7.98. The van der Waals surface area contributed by atoms with E-state index in [0.717, 1.165) is 44.9 Å². The van der Waals surface area contributed by atoms with Gasteiger partial charge in [0.15, 0.2) is 5.78 Å². The Hall–Kier alpha value is -4.25. The van der Waals surface area contributed by atoms with Crippen molar-refractivity contribution in [2.75, 3.05) is 28.4 Å². The molecule has 1 aliphatic carbocycles. The van der Waals surface area contributed by atoms with E-state index in [-0.39, 0.29) is 5.78 Å². The summed E-state index contributed by atoms with van der Waals surface area (Å²) in [4.78, 5) is 13.1. The summed E-state index contributed by atoms with van der Waals surface area (Å²) in [6.07, 6.45) is 0. The molecule has 0 bridgehead atoms. The number of ether oxygens (including phenoxy) is 4. The van der Waals surface area contributed by atoms with Gasteiger partial charge in [0.25, 0.3) is 0 Å². The average Bonchev–Trinajstić information content (AvgIpc) is 3.18. The van der Waals surface area contributed by atoms with Gasteiger partial charge in [0.05, 0.1) is 28.4 Å². The van der Waals surface area contributed by atoms with E-state index < -0.39 is 0 Å². The van der Waals surface area contributed by atoms with Gasteiger partial charge in [-0.15, -0.1) is 0 Å². The molecule has 0 saturated heterocycles. The minimum atomic E-state index is 0.0338. The second kappa shape index (κ2) is 8.60. The lowest BCUT2D eigenvalue weighted by molar-refractivity contribution is 0.104. The largest absolute Gasteiger partial charge is 0.497 e. The monoisotopic (exact) mass is 452 g/mol. The molecule has 0 saturated carbocycles. The Balaban J connectivity index is 1.63. The molecule has 0 radical (unpaired) electrons. The summed E-state index contributed by atoms with van der Waals surface area (Å²) in [5, 5.41) is 0. The molecule has 0 aromatic heterocycles. The number of benzene rings is 4. The fourth-order valence-corrected chi connectivity index (χ4v) is 4.48. The van der Waals surface area contributed by atoms with Gasteiger partial charge in [-0.25, -0.2) is 0 Å². The van der Waals surface area contributed by atoms with Crippen LogP contribution in [-0.4, -0.2) is 34.2 Å². The van der Waals surface area contributed by atoms with Gasteiger partial charge < -0.3 is 18.9 Å². The molecule has 5 nitrogen and oxygen atoms in total. The van der Waals surface area contributed by atoms with Crippen LogP contribution in [0.1, 0.15) is 15.9 Å². The summed E-state index contributed by atoms with van der Waals surface area (Å²) in [5.74, 6) is 2.90. The van der Waals surface area contributed by atoms with Crippen molar-refractivity contribution in [1.29, 1.82) is 0 Å². The van der Waals surface area contributed by atoms with Crippen molar-refractivity contribution in [3.05, 3.63) is 83.9 Å². The predicted octanol–water partition coefficient (Wildman–Crippen LogP) is 6.27. The van der Waals surface area contributed by atoms with Crippen LogP contribution < -0.4 is 18.9 Å². The molecular formula is C29H24O5. The lowest BCUT2D eigenvalue weighted by Gasteiger charge is -2.13. The molecule has 0 spiro atoms. The number of ketones is 1. The molecule has 5 heteroatoms. The van der Waals surface area contributed by atoms with Crippen LogP contribution in [0.2, 0.25) is 0 Å². The summed E-state index contributed by atoms with van der Waals surface area (Å²) in [7, 11) is 6.53. The van der Waals surface area contributed by atoms with E-state index in [9.17, 15) is 4.79 Å². The standard InChI is InChI=1S/C29H24O5/c1-31-19-7-11-21(27(15-19)33-3)17-5-9-23-25(13-17)26-14-18(6-10-24(26)29(23)30)22-12-8-20(32-2)16-28(22)34-4/h5-16H,1-4H3. The molecule has 4 aromatic carbocycles. The molecule has 1 aliphatic rings. The Labute approximate surface area is 198 Å². The number of carbonyl (C=O) groups excluding carboxylic acids is 1. The van der Waals surface area contributed by atoms with Crippen LogP contribution in [-0.2, 0) is 0 Å². The van der Waals surface area contributed by atoms with Crippen LogP contribution in [0.25, 0.3) is 33.4 Å². The molecule has 170 valence electrons. The molecule has 5 rings (SSSR count). The molecule has 34 heavy (non-hydrogen) atoms. The molecule has 0 heterocycles. The third-order valence-electron chi connectivity index (χ3n) is 6.26. The van der Waals surface area contributed by atoms with Crippen molar-refractivity contribution in [2.24, 2.45) is 0 Å². The highest BCUT2D eigenvalue weighted by Crippen LogP contribution is 2.44. The third-order valence-corrected chi connectivity index (χ3v) is 6.26. The predicted molar refractivity (Wildman–Crippen MR) is 132 cm³/mol. The van der Waals surface area contributed by atoms with Crippen molar-refractivity contribution in [2.45, 2.75) is 0 Å². The highest BCUT2D eigenvalue weighted by molar-refractivity contribution is 6.22. The van der Waals surface area contributed by atoms with E-state index >= 15 is 0 Å². The van der Waals surface area contributed by atoms with Gasteiger partial charge in [-0.2, -0.15) is 0 Å². The molecule has 0 fully saturated rings. The molecule has 0 amide bonds. The molecule has 0 aliphatic heterocycles. The third kappa shape index (κ3) is 3.46. The van der Waals surface area contributed by atoms with E-state index in [1.807, 2.05) is 60.7 Å². The summed E-state index contributed by atoms with van der Waals surface area (Å²) in [6, 6.07) is 23.3. The van der Waals surface area contributed by atoms with Gasteiger partial charge in [-0.1, -0.05) is 12.1 Å². The van der Waals surface area contributed by atoms with Crippen LogP contribution >= 0.6 is 0 Å². The number of carbonyl (C=O) groups is 1. The highest BCUT2D eigenvalue weighted by atomic mass is 16.5. The Morgan fingerprint density at radius 1 is 0.441 bits per heavy atom.